The number of rotatable bonds is 2. The normalized spacial score (nSPS) is 23.4. The van der Waals surface area contributed by atoms with Gasteiger partial charge in [-0.3, -0.25) is 9.59 Å². The van der Waals surface area contributed by atoms with E-state index in [0.29, 0.717) is 19.0 Å². The summed E-state index contributed by atoms with van der Waals surface area (Å²) in [6.45, 7) is 5.17. The van der Waals surface area contributed by atoms with Crippen molar-refractivity contribution < 1.29 is 14.0 Å². The lowest BCUT2D eigenvalue weighted by Gasteiger charge is -2.36. The first kappa shape index (κ1) is 17.1. The van der Waals surface area contributed by atoms with Crippen molar-refractivity contribution in [2.45, 2.75) is 44.6 Å². The van der Waals surface area contributed by atoms with Gasteiger partial charge in [0.15, 0.2) is 0 Å². The number of amides is 2. The smallest absolute Gasteiger partial charge is 0.228 e. The number of H-pyrrole nitrogens is 1. The fourth-order valence-electron chi connectivity index (χ4n) is 4.42. The van der Waals surface area contributed by atoms with Crippen molar-refractivity contribution in [3.63, 3.8) is 0 Å². The van der Waals surface area contributed by atoms with Crippen molar-refractivity contribution in [3.8, 4) is 0 Å². The van der Waals surface area contributed by atoms with Crippen LogP contribution >= 0.6 is 0 Å². The van der Waals surface area contributed by atoms with E-state index in [1.54, 1.807) is 12.1 Å². The number of hydrogen-bond donors (Lipinski definition) is 2. The van der Waals surface area contributed by atoms with Crippen LogP contribution in [0.1, 0.15) is 44.6 Å². The molecule has 2 aliphatic heterocycles. The second kappa shape index (κ2) is 6.11. The molecule has 3 heterocycles. The summed E-state index contributed by atoms with van der Waals surface area (Å²) in [6, 6.07) is 4.80. The Balaban J connectivity index is 1.46. The molecule has 0 bridgehead atoms. The van der Waals surface area contributed by atoms with Gasteiger partial charge in [0.1, 0.15) is 5.82 Å². The van der Waals surface area contributed by atoms with E-state index in [1.165, 1.54) is 6.07 Å². The first-order chi connectivity index (χ1) is 12.3. The minimum Gasteiger partial charge on any atom is -0.361 e. The molecule has 0 radical (unpaired) electrons. The van der Waals surface area contributed by atoms with Gasteiger partial charge < -0.3 is 15.2 Å². The number of aromatic nitrogens is 1. The van der Waals surface area contributed by atoms with Crippen LogP contribution in [0, 0.1) is 11.7 Å². The van der Waals surface area contributed by atoms with Crippen molar-refractivity contribution in [1.82, 2.24) is 15.2 Å². The van der Waals surface area contributed by atoms with E-state index < -0.39 is 5.54 Å². The van der Waals surface area contributed by atoms with Crippen LogP contribution in [-0.4, -0.2) is 40.3 Å². The van der Waals surface area contributed by atoms with Gasteiger partial charge in [0.05, 0.1) is 5.92 Å². The van der Waals surface area contributed by atoms with Crippen LogP contribution in [0.15, 0.2) is 24.4 Å². The molecule has 2 amide bonds. The number of nitrogens with zero attached hydrogens (tertiary/aromatic N) is 1. The first-order valence-corrected chi connectivity index (χ1v) is 9.21. The maximum absolute atomic E-state index is 13.6. The van der Waals surface area contributed by atoms with E-state index in [-0.39, 0.29) is 30.0 Å². The number of carbonyl (C=O) groups is 2. The van der Waals surface area contributed by atoms with Crippen LogP contribution in [0.5, 0.6) is 0 Å². The molecule has 2 fully saturated rings. The Morgan fingerprint density at radius 3 is 2.65 bits per heavy atom. The first-order valence-electron chi connectivity index (χ1n) is 9.21. The molecule has 1 aromatic carbocycles. The standard InChI is InChI=1S/C20H24FN3O2/c1-20(2)16(10-18(25)23-20)19(26)24-7-5-12(6-8-24)15-11-22-17-4-3-13(21)9-14(15)17/h3-4,9,11-12,16,22H,5-8,10H2,1-2H3,(H,23,25). The number of hydrogen-bond acceptors (Lipinski definition) is 2. The van der Waals surface area contributed by atoms with Crippen LogP contribution in [0.2, 0.25) is 0 Å². The maximum Gasteiger partial charge on any atom is 0.228 e. The monoisotopic (exact) mass is 357 g/mol. The molecule has 2 saturated heterocycles. The number of carbonyl (C=O) groups excluding carboxylic acids is 2. The number of aromatic amines is 1. The maximum atomic E-state index is 13.6. The summed E-state index contributed by atoms with van der Waals surface area (Å²) in [6.07, 6.45) is 3.94. The lowest BCUT2D eigenvalue weighted by atomic mass is 9.85. The number of fused-ring (bicyclic) bond motifs is 1. The average Bonchev–Trinajstić information content (AvgIpc) is 3.13. The summed E-state index contributed by atoms with van der Waals surface area (Å²) in [5.74, 6) is -0.202. The predicted molar refractivity (Wildman–Crippen MR) is 97.1 cm³/mol. The molecule has 2 aliphatic rings. The highest BCUT2D eigenvalue weighted by atomic mass is 19.1. The summed E-state index contributed by atoms with van der Waals surface area (Å²) in [5.41, 5.74) is 1.58. The number of likely N-dealkylation sites (tertiary alicyclic amines) is 1. The van der Waals surface area contributed by atoms with Gasteiger partial charge in [0.2, 0.25) is 11.8 Å². The third-order valence-corrected chi connectivity index (χ3v) is 5.94. The molecule has 0 spiro atoms. The second-order valence-corrected chi connectivity index (χ2v) is 8.06. The van der Waals surface area contributed by atoms with E-state index >= 15 is 0 Å². The molecule has 1 unspecified atom stereocenters. The zero-order valence-corrected chi connectivity index (χ0v) is 15.1. The molecule has 1 aromatic heterocycles. The molecule has 138 valence electrons. The minimum absolute atomic E-state index is 0.0518. The van der Waals surface area contributed by atoms with Crippen LogP contribution in [0.4, 0.5) is 4.39 Å². The Bertz CT molecular complexity index is 865. The number of nitrogens with one attached hydrogen (secondary N) is 2. The van der Waals surface area contributed by atoms with Crippen LogP contribution in [0.25, 0.3) is 10.9 Å². The molecule has 0 aliphatic carbocycles. The highest BCUT2D eigenvalue weighted by Crippen LogP contribution is 2.35. The molecular weight excluding hydrogens is 333 g/mol. The van der Waals surface area contributed by atoms with Gasteiger partial charge in [-0.2, -0.15) is 0 Å². The van der Waals surface area contributed by atoms with E-state index in [4.69, 9.17) is 0 Å². The quantitative estimate of drug-likeness (QED) is 0.868. The number of piperidine rings is 1. The summed E-state index contributed by atoms with van der Waals surface area (Å²) in [5, 5.41) is 3.83. The van der Waals surface area contributed by atoms with Gasteiger partial charge in [-0.15, -0.1) is 0 Å². The largest absolute Gasteiger partial charge is 0.361 e. The molecule has 1 atom stereocenters. The van der Waals surface area contributed by atoms with Gasteiger partial charge in [0.25, 0.3) is 0 Å². The van der Waals surface area contributed by atoms with Gasteiger partial charge in [0, 0.05) is 42.1 Å². The lowest BCUT2D eigenvalue weighted by Crippen LogP contribution is -2.49. The highest BCUT2D eigenvalue weighted by Gasteiger charge is 2.45. The molecule has 0 saturated carbocycles. The van der Waals surface area contributed by atoms with Gasteiger partial charge in [-0.1, -0.05) is 0 Å². The Hall–Kier alpha value is -2.37. The summed E-state index contributed by atoms with van der Waals surface area (Å²) in [7, 11) is 0. The fourth-order valence-corrected chi connectivity index (χ4v) is 4.42. The van der Waals surface area contributed by atoms with E-state index in [2.05, 4.69) is 10.3 Å². The molecule has 26 heavy (non-hydrogen) atoms. The lowest BCUT2D eigenvalue weighted by molar-refractivity contribution is -0.138. The molecular formula is C20H24FN3O2. The van der Waals surface area contributed by atoms with Crippen LogP contribution < -0.4 is 5.32 Å². The summed E-state index contributed by atoms with van der Waals surface area (Å²) in [4.78, 5) is 29.7. The van der Waals surface area contributed by atoms with Crippen molar-refractivity contribution in [1.29, 1.82) is 0 Å². The highest BCUT2D eigenvalue weighted by molar-refractivity contribution is 5.91. The molecule has 5 nitrogen and oxygen atoms in total. The third-order valence-electron chi connectivity index (χ3n) is 5.94. The fraction of sp³-hybridized carbons (Fsp3) is 0.500. The molecule has 4 rings (SSSR count). The van der Waals surface area contributed by atoms with Gasteiger partial charge >= 0.3 is 0 Å². The summed E-state index contributed by atoms with van der Waals surface area (Å²) >= 11 is 0. The van der Waals surface area contributed by atoms with Crippen LogP contribution in [0.3, 0.4) is 0 Å². The Kier molecular flexibility index (Phi) is 4.01. The SMILES string of the molecule is CC1(C)NC(=O)CC1C(=O)N1CCC(c2c[nH]c3ccc(F)cc23)CC1. The molecule has 2 aromatic rings. The van der Waals surface area contributed by atoms with Crippen molar-refractivity contribution in [2.24, 2.45) is 5.92 Å². The van der Waals surface area contributed by atoms with Crippen molar-refractivity contribution in [3.05, 3.63) is 35.8 Å². The Labute approximate surface area is 151 Å². The summed E-state index contributed by atoms with van der Waals surface area (Å²) < 4.78 is 13.6. The third kappa shape index (κ3) is 2.87. The van der Waals surface area contributed by atoms with E-state index in [9.17, 15) is 14.0 Å². The molecule has 2 N–H and O–H groups in total. The van der Waals surface area contributed by atoms with Crippen molar-refractivity contribution in [2.75, 3.05) is 13.1 Å². The number of halogens is 1. The average molecular weight is 357 g/mol. The molecule has 6 heteroatoms. The topological polar surface area (TPSA) is 65.2 Å². The van der Waals surface area contributed by atoms with Crippen molar-refractivity contribution >= 4 is 22.7 Å². The van der Waals surface area contributed by atoms with Gasteiger partial charge in [-0.25, -0.2) is 4.39 Å². The minimum atomic E-state index is -0.487. The van der Waals surface area contributed by atoms with Gasteiger partial charge in [-0.05, 0) is 56.4 Å². The zero-order valence-electron chi connectivity index (χ0n) is 15.1. The Morgan fingerprint density at radius 2 is 2.00 bits per heavy atom. The van der Waals surface area contributed by atoms with E-state index in [0.717, 1.165) is 29.3 Å². The second-order valence-electron chi connectivity index (χ2n) is 8.06. The van der Waals surface area contributed by atoms with Crippen LogP contribution in [-0.2, 0) is 9.59 Å². The predicted octanol–water partition coefficient (Wildman–Crippen LogP) is 2.93. The van der Waals surface area contributed by atoms with E-state index in [1.807, 2.05) is 24.9 Å². The number of benzene rings is 1. The zero-order chi connectivity index (χ0) is 18.5. The Morgan fingerprint density at radius 1 is 1.27 bits per heavy atom.